The van der Waals surface area contributed by atoms with Crippen molar-refractivity contribution in [2.45, 2.75) is 13.0 Å². The van der Waals surface area contributed by atoms with E-state index in [9.17, 15) is 4.79 Å². The van der Waals surface area contributed by atoms with E-state index in [2.05, 4.69) is 33.8 Å². The molecule has 1 aromatic heterocycles. The number of hydrogen-bond acceptors (Lipinski definition) is 3. The second-order valence-electron chi connectivity index (χ2n) is 6.73. The average Bonchev–Trinajstić information content (AvgIpc) is 3.11. The van der Waals surface area contributed by atoms with E-state index in [0.29, 0.717) is 5.39 Å². The molecule has 4 heteroatoms. The minimum Gasteiger partial charge on any atom is -0.496 e. The van der Waals surface area contributed by atoms with Crippen molar-refractivity contribution in [1.82, 2.24) is 9.55 Å². The topological polar surface area (TPSA) is 44.1 Å². The molecule has 27 heavy (non-hydrogen) atoms. The standard InChI is InChI=1S/C23H18N2O2/c1-27-21-11-10-15-6-2-3-7-17(15)19(21)14-16-12-13-25-20-9-5-4-8-18(20)23(26)24-22(16)25/h2-11,14H,12-13H2,1H3. The molecule has 0 fully saturated rings. The SMILES string of the molecule is COc1ccc2ccccc2c1C=C1CCn2c1nc(=O)c1ccccc12. The Morgan fingerprint density at radius 2 is 1.78 bits per heavy atom. The molecule has 0 unspecified atom stereocenters. The molecule has 0 amide bonds. The van der Waals surface area contributed by atoms with Gasteiger partial charge in [-0.2, -0.15) is 4.98 Å². The zero-order valence-corrected chi connectivity index (χ0v) is 15.0. The number of methoxy groups -OCH3 is 1. The fraction of sp³-hybridized carbons (Fsp3) is 0.130. The molecule has 0 saturated carbocycles. The Hall–Kier alpha value is -3.40. The van der Waals surface area contributed by atoms with Crippen LogP contribution in [0.15, 0.2) is 65.5 Å². The number of rotatable bonds is 2. The largest absolute Gasteiger partial charge is 0.496 e. The molecule has 132 valence electrons. The quantitative estimate of drug-likeness (QED) is 0.532. The Balaban J connectivity index is 1.77. The van der Waals surface area contributed by atoms with E-state index in [4.69, 9.17) is 4.74 Å². The lowest BCUT2D eigenvalue weighted by molar-refractivity contribution is 0.414. The van der Waals surface area contributed by atoms with Gasteiger partial charge in [-0.05, 0) is 47.0 Å². The molecule has 1 aliphatic heterocycles. The molecule has 0 saturated heterocycles. The van der Waals surface area contributed by atoms with Crippen LogP contribution < -0.4 is 10.3 Å². The highest BCUT2D eigenvalue weighted by molar-refractivity contribution is 5.98. The smallest absolute Gasteiger partial charge is 0.281 e. The minimum absolute atomic E-state index is 0.172. The van der Waals surface area contributed by atoms with Gasteiger partial charge >= 0.3 is 0 Å². The maximum Gasteiger partial charge on any atom is 0.281 e. The summed E-state index contributed by atoms with van der Waals surface area (Å²) in [6, 6.07) is 20.0. The van der Waals surface area contributed by atoms with E-state index >= 15 is 0 Å². The van der Waals surface area contributed by atoms with Crippen LogP contribution in [-0.4, -0.2) is 16.7 Å². The highest BCUT2D eigenvalue weighted by atomic mass is 16.5. The van der Waals surface area contributed by atoms with Crippen molar-refractivity contribution < 1.29 is 4.74 Å². The van der Waals surface area contributed by atoms with E-state index in [1.807, 2.05) is 42.5 Å². The van der Waals surface area contributed by atoms with Crippen molar-refractivity contribution in [1.29, 1.82) is 0 Å². The lowest BCUT2D eigenvalue weighted by atomic mass is 10.0. The van der Waals surface area contributed by atoms with Gasteiger partial charge in [0.25, 0.3) is 5.56 Å². The molecule has 5 rings (SSSR count). The summed E-state index contributed by atoms with van der Waals surface area (Å²) in [5.74, 6) is 1.58. The fourth-order valence-electron chi connectivity index (χ4n) is 3.95. The van der Waals surface area contributed by atoms with Crippen LogP contribution in [0.4, 0.5) is 0 Å². The van der Waals surface area contributed by atoms with Crippen molar-refractivity contribution in [2.24, 2.45) is 0 Å². The summed E-state index contributed by atoms with van der Waals surface area (Å²) < 4.78 is 7.75. The van der Waals surface area contributed by atoms with Gasteiger partial charge in [0.15, 0.2) is 0 Å². The molecular weight excluding hydrogens is 336 g/mol. The Morgan fingerprint density at radius 1 is 1.00 bits per heavy atom. The first-order chi connectivity index (χ1) is 13.3. The average molecular weight is 354 g/mol. The van der Waals surface area contributed by atoms with Crippen molar-refractivity contribution in [3.05, 3.63) is 82.4 Å². The third-order valence-electron chi connectivity index (χ3n) is 5.25. The third-order valence-corrected chi connectivity index (χ3v) is 5.25. The molecule has 0 aliphatic carbocycles. The Labute approximate surface area is 156 Å². The van der Waals surface area contributed by atoms with Crippen molar-refractivity contribution in [3.8, 4) is 5.75 Å². The molecule has 0 N–H and O–H groups in total. The van der Waals surface area contributed by atoms with Crippen LogP contribution in [0.5, 0.6) is 5.75 Å². The minimum atomic E-state index is -0.172. The number of benzene rings is 3. The first-order valence-electron chi connectivity index (χ1n) is 9.02. The van der Waals surface area contributed by atoms with Gasteiger partial charge in [-0.15, -0.1) is 0 Å². The number of aromatic nitrogens is 2. The molecular formula is C23H18N2O2. The molecule has 0 bridgehead atoms. The zero-order valence-electron chi connectivity index (χ0n) is 15.0. The summed E-state index contributed by atoms with van der Waals surface area (Å²) in [5, 5.41) is 2.96. The van der Waals surface area contributed by atoms with Crippen molar-refractivity contribution in [3.63, 3.8) is 0 Å². The maximum absolute atomic E-state index is 12.5. The number of hydrogen-bond donors (Lipinski definition) is 0. The van der Waals surface area contributed by atoms with Crippen LogP contribution in [0.1, 0.15) is 17.8 Å². The van der Waals surface area contributed by atoms with Crippen molar-refractivity contribution >= 4 is 33.3 Å². The number of nitrogens with zero attached hydrogens (tertiary/aromatic N) is 2. The normalized spacial score (nSPS) is 14.8. The first kappa shape index (κ1) is 15.8. The highest BCUT2D eigenvalue weighted by Crippen LogP contribution is 2.35. The summed E-state index contributed by atoms with van der Waals surface area (Å²) >= 11 is 0. The van der Waals surface area contributed by atoms with E-state index in [0.717, 1.165) is 52.0 Å². The van der Waals surface area contributed by atoms with Gasteiger partial charge in [0.05, 0.1) is 18.0 Å². The summed E-state index contributed by atoms with van der Waals surface area (Å²) in [6.45, 7) is 0.821. The number of allylic oxidation sites excluding steroid dienone is 1. The first-order valence-corrected chi connectivity index (χ1v) is 9.02. The lowest BCUT2D eigenvalue weighted by Gasteiger charge is -2.10. The van der Waals surface area contributed by atoms with Crippen molar-refractivity contribution in [2.75, 3.05) is 7.11 Å². The van der Waals surface area contributed by atoms with Crippen LogP contribution in [0.25, 0.3) is 33.3 Å². The molecule has 2 heterocycles. The van der Waals surface area contributed by atoms with Crippen LogP contribution in [-0.2, 0) is 6.54 Å². The van der Waals surface area contributed by atoms with Gasteiger partial charge in [-0.1, -0.05) is 42.5 Å². The van der Waals surface area contributed by atoms with Gasteiger partial charge in [-0.25, -0.2) is 0 Å². The maximum atomic E-state index is 12.5. The van der Waals surface area contributed by atoms with E-state index in [1.165, 1.54) is 0 Å². The Bertz CT molecular complexity index is 1280. The third kappa shape index (κ3) is 2.45. The Morgan fingerprint density at radius 3 is 2.63 bits per heavy atom. The lowest BCUT2D eigenvalue weighted by Crippen LogP contribution is -2.14. The zero-order chi connectivity index (χ0) is 18.4. The molecule has 3 aromatic carbocycles. The predicted octanol–water partition coefficient (Wildman–Crippen LogP) is 4.50. The second-order valence-corrected chi connectivity index (χ2v) is 6.73. The summed E-state index contributed by atoms with van der Waals surface area (Å²) in [5.41, 5.74) is 2.87. The molecule has 0 spiro atoms. The highest BCUT2D eigenvalue weighted by Gasteiger charge is 2.21. The molecule has 4 aromatic rings. The van der Waals surface area contributed by atoms with Crippen LogP contribution in [0, 0.1) is 0 Å². The van der Waals surface area contributed by atoms with Gasteiger partial charge < -0.3 is 9.30 Å². The van der Waals surface area contributed by atoms with Gasteiger partial charge in [-0.3, -0.25) is 4.79 Å². The number of fused-ring (bicyclic) bond motifs is 4. The monoisotopic (exact) mass is 354 g/mol. The number of ether oxygens (including phenoxy) is 1. The number of para-hydroxylation sites is 1. The van der Waals surface area contributed by atoms with Crippen LogP contribution >= 0.6 is 0 Å². The summed E-state index contributed by atoms with van der Waals surface area (Å²) in [4.78, 5) is 16.9. The summed E-state index contributed by atoms with van der Waals surface area (Å²) in [7, 11) is 1.69. The second kappa shape index (κ2) is 6.09. The number of aryl methyl sites for hydroxylation is 1. The molecule has 4 nitrogen and oxygen atoms in total. The fourth-order valence-corrected chi connectivity index (χ4v) is 3.95. The van der Waals surface area contributed by atoms with Crippen LogP contribution in [0.2, 0.25) is 0 Å². The van der Waals surface area contributed by atoms with E-state index in [1.54, 1.807) is 7.11 Å². The summed E-state index contributed by atoms with van der Waals surface area (Å²) in [6.07, 6.45) is 2.97. The van der Waals surface area contributed by atoms with E-state index < -0.39 is 0 Å². The van der Waals surface area contributed by atoms with Gasteiger partial charge in [0.2, 0.25) is 0 Å². The Kier molecular flexibility index (Phi) is 3.57. The molecule has 1 aliphatic rings. The van der Waals surface area contributed by atoms with Gasteiger partial charge in [0, 0.05) is 12.1 Å². The molecule has 0 atom stereocenters. The predicted molar refractivity (Wildman–Crippen MR) is 109 cm³/mol. The van der Waals surface area contributed by atoms with Gasteiger partial charge in [0.1, 0.15) is 11.6 Å². The van der Waals surface area contributed by atoms with Crippen LogP contribution in [0.3, 0.4) is 0 Å². The molecule has 0 radical (unpaired) electrons. The van der Waals surface area contributed by atoms with E-state index in [-0.39, 0.29) is 5.56 Å².